The van der Waals surface area contributed by atoms with Crippen molar-refractivity contribution in [1.29, 1.82) is 0 Å². The van der Waals surface area contributed by atoms with Gasteiger partial charge in [-0.25, -0.2) is 9.59 Å². The lowest BCUT2D eigenvalue weighted by Gasteiger charge is -2.23. The lowest BCUT2D eigenvalue weighted by molar-refractivity contribution is -0.163. The molecule has 2 rings (SSSR count). The normalized spacial score (nSPS) is 24.3. The number of fused-ring (bicyclic) bond motifs is 1. The topological polar surface area (TPSA) is 122 Å². The highest BCUT2D eigenvalue weighted by molar-refractivity contribution is 6.08. The molecule has 1 saturated heterocycles. The molecule has 0 unspecified atom stereocenters. The molecule has 9 nitrogen and oxygen atoms in total. The summed E-state index contributed by atoms with van der Waals surface area (Å²) in [5.74, 6) is -3.06. The average molecular weight is 381 g/mol. The standard InChI is InChI=1S/C18H27N3O6/c1-9(2)19-18(26)20-14(22)11(4)27-17(25)10(3)21-15(23)12-7-5-6-8-13(12)16(21)24/h9-13H,5-8H2,1-4H3,(H2,19,20,22,26)/t10-,11+,12-,13+/m0/s1. The van der Waals surface area contributed by atoms with Crippen LogP contribution in [0.15, 0.2) is 0 Å². The maximum Gasteiger partial charge on any atom is 0.329 e. The summed E-state index contributed by atoms with van der Waals surface area (Å²) in [6, 6.07) is -1.97. The van der Waals surface area contributed by atoms with Gasteiger partial charge in [0.25, 0.3) is 5.91 Å². The fraction of sp³-hybridized carbons (Fsp3) is 0.722. The molecular formula is C18H27N3O6. The number of carbonyl (C=O) groups is 5. The van der Waals surface area contributed by atoms with E-state index in [0.29, 0.717) is 12.8 Å². The fourth-order valence-corrected chi connectivity index (χ4v) is 3.51. The van der Waals surface area contributed by atoms with E-state index in [9.17, 15) is 24.0 Å². The highest BCUT2D eigenvalue weighted by Crippen LogP contribution is 2.38. The number of nitrogens with zero attached hydrogens (tertiary/aromatic N) is 1. The van der Waals surface area contributed by atoms with Gasteiger partial charge in [-0.3, -0.25) is 24.6 Å². The van der Waals surface area contributed by atoms with E-state index in [1.165, 1.54) is 13.8 Å². The summed E-state index contributed by atoms with van der Waals surface area (Å²) in [7, 11) is 0. The van der Waals surface area contributed by atoms with Crippen LogP contribution in [-0.2, 0) is 23.9 Å². The van der Waals surface area contributed by atoms with Gasteiger partial charge in [0, 0.05) is 6.04 Å². The molecule has 27 heavy (non-hydrogen) atoms. The van der Waals surface area contributed by atoms with Crippen LogP contribution in [0.1, 0.15) is 53.4 Å². The van der Waals surface area contributed by atoms with E-state index in [2.05, 4.69) is 10.6 Å². The minimum atomic E-state index is -1.24. The van der Waals surface area contributed by atoms with E-state index in [1.807, 2.05) is 0 Å². The lowest BCUT2D eigenvalue weighted by Crippen LogP contribution is -2.49. The number of rotatable bonds is 5. The summed E-state index contributed by atoms with van der Waals surface area (Å²) >= 11 is 0. The van der Waals surface area contributed by atoms with E-state index < -0.39 is 30.1 Å². The number of hydrogen-bond acceptors (Lipinski definition) is 6. The average Bonchev–Trinajstić information content (AvgIpc) is 2.84. The van der Waals surface area contributed by atoms with Crippen molar-refractivity contribution in [3.8, 4) is 0 Å². The summed E-state index contributed by atoms with van der Waals surface area (Å²) in [5.41, 5.74) is 0. The molecule has 9 heteroatoms. The molecule has 150 valence electrons. The Kier molecular flexibility index (Phi) is 6.56. The number of esters is 1. The Morgan fingerprint density at radius 1 is 1.00 bits per heavy atom. The molecule has 1 aliphatic heterocycles. The van der Waals surface area contributed by atoms with E-state index >= 15 is 0 Å². The molecular weight excluding hydrogens is 354 g/mol. The zero-order valence-electron chi connectivity index (χ0n) is 16.1. The number of ether oxygens (including phenoxy) is 1. The van der Waals surface area contributed by atoms with Gasteiger partial charge in [0.15, 0.2) is 6.10 Å². The van der Waals surface area contributed by atoms with Crippen molar-refractivity contribution in [3.63, 3.8) is 0 Å². The quantitative estimate of drug-likeness (QED) is 0.534. The molecule has 5 amide bonds. The van der Waals surface area contributed by atoms with Crippen molar-refractivity contribution in [2.75, 3.05) is 0 Å². The maximum absolute atomic E-state index is 12.5. The van der Waals surface area contributed by atoms with Gasteiger partial charge in [-0.05, 0) is 40.5 Å². The predicted octanol–water partition coefficient (Wildman–Crippen LogP) is 0.716. The maximum atomic E-state index is 12.5. The SMILES string of the molecule is CC(C)NC(=O)NC(=O)[C@@H](C)OC(=O)[C@H](C)N1C(=O)[C@H]2CCCC[C@H]2C1=O. The van der Waals surface area contributed by atoms with Gasteiger partial charge < -0.3 is 10.1 Å². The highest BCUT2D eigenvalue weighted by Gasteiger charge is 2.51. The smallest absolute Gasteiger partial charge is 0.329 e. The number of imide groups is 2. The van der Waals surface area contributed by atoms with Crippen molar-refractivity contribution in [2.24, 2.45) is 11.8 Å². The van der Waals surface area contributed by atoms with Crippen LogP contribution >= 0.6 is 0 Å². The second-order valence-corrected chi connectivity index (χ2v) is 7.42. The second kappa shape index (κ2) is 8.49. The summed E-state index contributed by atoms with van der Waals surface area (Å²) in [6.07, 6.45) is 1.84. The molecule has 0 aromatic rings. The molecule has 2 N–H and O–H groups in total. The number of carbonyl (C=O) groups excluding carboxylic acids is 5. The molecule has 0 spiro atoms. The Balaban J connectivity index is 1.94. The molecule has 4 atom stereocenters. The molecule has 0 aromatic carbocycles. The van der Waals surface area contributed by atoms with Gasteiger partial charge in [0.05, 0.1) is 11.8 Å². The minimum absolute atomic E-state index is 0.161. The van der Waals surface area contributed by atoms with Crippen LogP contribution < -0.4 is 10.6 Å². The van der Waals surface area contributed by atoms with Gasteiger partial charge in [-0.2, -0.15) is 0 Å². The Morgan fingerprint density at radius 2 is 1.52 bits per heavy atom. The number of urea groups is 1. The number of hydrogen-bond donors (Lipinski definition) is 2. The Morgan fingerprint density at radius 3 is 2.00 bits per heavy atom. The first-order chi connectivity index (χ1) is 12.6. The molecule has 1 saturated carbocycles. The number of nitrogens with one attached hydrogen (secondary N) is 2. The van der Waals surface area contributed by atoms with Gasteiger partial charge >= 0.3 is 12.0 Å². The van der Waals surface area contributed by atoms with Crippen LogP contribution in [0.5, 0.6) is 0 Å². The van der Waals surface area contributed by atoms with Crippen LogP contribution in [0.4, 0.5) is 4.79 Å². The monoisotopic (exact) mass is 381 g/mol. The Labute approximate surface area is 158 Å². The van der Waals surface area contributed by atoms with Gasteiger partial charge in [0.1, 0.15) is 6.04 Å². The molecule has 0 aromatic heterocycles. The third kappa shape index (κ3) is 4.64. The first-order valence-corrected chi connectivity index (χ1v) is 9.32. The van der Waals surface area contributed by atoms with Crippen molar-refractivity contribution in [3.05, 3.63) is 0 Å². The van der Waals surface area contributed by atoms with Crippen LogP contribution in [0.3, 0.4) is 0 Å². The molecule has 1 heterocycles. The van der Waals surface area contributed by atoms with E-state index in [-0.39, 0.29) is 29.7 Å². The van der Waals surface area contributed by atoms with Crippen LogP contribution in [0.25, 0.3) is 0 Å². The van der Waals surface area contributed by atoms with E-state index in [1.54, 1.807) is 13.8 Å². The third-order valence-electron chi connectivity index (χ3n) is 4.92. The lowest BCUT2D eigenvalue weighted by atomic mass is 9.81. The first-order valence-electron chi connectivity index (χ1n) is 9.32. The summed E-state index contributed by atoms with van der Waals surface area (Å²) in [6.45, 7) is 6.19. The molecule has 0 bridgehead atoms. The van der Waals surface area contributed by atoms with Crippen LogP contribution in [0, 0.1) is 11.8 Å². The molecule has 0 radical (unpaired) electrons. The van der Waals surface area contributed by atoms with E-state index in [0.717, 1.165) is 17.7 Å². The summed E-state index contributed by atoms with van der Waals surface area (Å²) in [5, 5.41) is 4.55. The first kappa shape index (κ1) is 20.9. The minimum Gasteiger partial charge on any atom is -0.451 e. The summed E-state index contributed by atoms with van der Waals surface area (Å²) < 4.78 is 5.07. The van der Waals surface area contributed by atoms with Gasteiger partial charge in [-0.15, -0.1) is 0 Å². The Bertz CT molecular complexity index is 623. The van der Waals surface area contributed by atoms with Crippen LogP contribution in [-0.4, -0.2) is 52.8 Å². The van der Waals surface area contributed by atoms with Crippen LogP contribution in [0.2, 0.25) is 0 Å². The van der Waals surface area contributed by atoms with Crippen molar-refractivity contribution in [1.82, 2.24) is 15.5 Å². The van der Waals surface area contributed by atoms with Crippen molar-refractivity contribution >= 4 is 29.7 Å². The van der Waals surface area contributed by atoms with Crippen molar-refractivity contribution < 1.29 is 28.7 Å². The van der Waals surface area contributed by atoms with E-state index in [4.69, 9.17) is 4.74 Å². The molecule has 2 aliphatic rings. The molecule has 1 aliphatic carbocycles. The van der Waals surface area contributed by atoms with Crippen molar-refractivity contribution in [2.45, 2.75) is 71.6 Å². The highest BCUT2D eigenvalue weighted by atomic mass is 16.5. The fourth-order valence-electron chi connectivity index (χ4n) is 3.51. The van der Waals surface area contributed by atoms with Gasteiger partial charge in [-0.1, -0.05) is 12.8 Å². The predicted molar refractivity (Wildman–Crippen MR) is 94.1 cm³/mol. The zero-order chi connectivity index (χ0) is 20.3. The second-order valence-electron chi connectivity index (χ2n) is 7.42. The molecule has 2 fully saturated rings. The summed E-state index contributed by atoms with van der Waals surface area (Å²) in [4.78, 5) is 61.9. The zero-order valence-corrected chi connectivity index (χ0v) is 16.1. The Hall–Kier alpha value is -2.45. The number of likely N-dealkylation sites (tertiary alicyclic amines) is 1. The number of amides is 5. The van der Waals surface area contributed by atoms with Gasteiger partial charge in [0.2, 0.25) is 11.8 Å². The third-order valence-corrected chi connectivity index (χ3v) is 4.92. The largest absolute Gasteiger partial charge is 0.451 e.